The van der Waals surface area contributed by atoms with Crippen LogP contribution < -0.4 is 10.1 Å². The van der Waals surface area contributed by atoms with Crippen molar-refractivity contribution in [2.45, 2.75) is 31.3 Å². The maximum Gasteiger partial charge on any atom is 0.229 e. The number of hydrogen-bond donors (Lipinski definition) is 1. The molecule has 1 fully saturated rings. The number of nitrogens with one attached hydrogen (secondary N) is 1. The van der Waals surface area contributed by atoms with Crippen molar-refractivity contribution in [2.75, 3.05) is 13.1 Å². The summed E-state index contributed by atoms with van der Waals surface area (Å²) in [6.45, 7) is 2.04. The Morgan fingerprint density at radius 3 is 2.85 bits per heavy atom. The number of piperidine rings is 1. The Hall–Kier alpha value is -1.88. The number of para-hydroxylation sites is 1. The molecule has 104 valence electrons. The summed E-state index contributed by atoms with van der Waals surface area (Å²) in [5, 5.41) is 7.47. The summed E-state index contributed by atoms with van der Waals surface area (Å²) < 4.78 is 11.3. The molecule has 1 atom stereocenters. The normalized spacial score (nSPS) is 22.5. The molecule has 4 rings (SSSR count). The van der Waals surface area contributed by atoms with E-state index in [1.165, 1.54) is 5.56 Å². The van der Waals surface area contributed by atoms with Gasteiger partial charge in [-0.1, -0.05) is 23.4 Å². The SMILES string of the molecule is c1ccc2c(c1)CC(c1noc(C3CCNCC3)n1)O2. The fourth-order valence-corrected chi connectivity index (χ4v) is 2.94. The second kappa shape index (κ2) is 4.90. The molecular weight excluding hydrogens is 254 g/mol. The van der Waals surface area contributed by atoms with Crippen molar-refractivity contribution in [3.63, 3.8) is 0 Å². The molecule has 1 N–H and O–H groups in total. The van der Waals surface area contributed by atoms with Crippen molar-refractivity contribution < 1.29 is 9.26 Å². The summed E-state index contributed by atoms with van der Waals surface area (Å²) in [6.07, 6.45) is 2.84. The number of ether oxygens (including phenoxy) is 1. The van der Waals surface area contributed by atoms with Gasteiger partial charge in [-0.3, -0.25) is 0 Å². The fourth-order valence-electron chi connectivity index (χ4n) is 2.94. The van der Waals surface area contributed by atoms with Gasteiger partial charge in [0.15, 0.2) is 6.10 Å². The number of nitrogens with zero attached hydrogens (tertiary/aromatic N) is 2. The van der Waals surface area contributed by atoms with E-state index in [2.05, 4.69) is 21.5 Å². The van der Waals surface area contributed by atoms with Crippen molar-refractivity contribution in [2.24, 2.45) is 0 Å². The number of rotatable bonds is 2. The van der Waals surface area contributed by atoms with Gasteiger partial charge in [-0.15, -0.1) is 0 Å². The number of aromatic nitrogens is 2. The van der Waals surface area contributed by atoms with Crippen LogP contribution in [0, 0.1) is 0 Å². The van der Waals surface area contributed by atoms with E-state index in [1.54, 1.807) is 0 Å². The molecule has 3 heterocycles. The molecule has 1 aromatic carbocycles. The highest BCUT2D eigenvalue weighted by molar-refractivity contribution is 5.37. The van der Waals surface area contributed by atoms with Crippen LogP contribution in [0.25, 0.3) is 0 Å². The zero-order valence-electron chi connectivity index (χ0n) is 11.2. The summed E-state index contributed by atoms with van der Waals surface area (Å²) in [7, 11) is 0. The number of hydrogen-bond acceptors (Lipinski definition) is 5. The Bertz CT molecular complexity index is 580. The smallest absolute Gasteiger partial charge is 0.229 e. The monoisotopic (exact) mass is 271 g/mol. The van der Waals surface area contributed by atoms with Gasteiger partial charge in [0, 0.05) is 12.3 Å². The summed E-state index contributed by atoms with van der Waals surface area (Å²) in [5.41, 5.74) is 1.21. The standard InChI is InChI=1S/C15H17N3O2/c1-2-4-12-11(3-1)9-13(19-12)14-17-15(20-18-14)10-5-7-16-8-6-10/h1-4,10,13,16H,5-9H2. The first-order valence-electron chi connectivity index (χ1n) is 7.19. The van der Waals surface area contributed by atoms with Gasteiger partial charge in [0.2, 0.25) is 11.7 Å². The largest absolute Gasteiger partial charge is 0.482 e. The Labute approximate surface area is 117 Å². The highest BCUT2D eigenvalue weighted by Crippen LogP contribution is 2.35. The molecular formula is C15H17N3O2. The average Bonchev–Trinajstić information content (AvgIpc) is 3.14. The van der Waals surface area contributed by atoms with Gasteiger partial charge in [-0.25, -0.2) is 0 Å². The molecule has 1 saturated heterocycles. The van der Waals surface area contributed by atoms with Crippen LogP contribution >= 0.6 is 0 Å². The van der Waals surface area contributed by atoms with Gasteiger partial charge in [-0.2, -0.15) is 4.98 Å². The molecule has 0 spiro atoms. The van der Waals surface area contributed by atoms with E-state index in [1.807, 2.05) is 18.2 Å². The van der Waals surface area contributed by atoms with Crippen LogP contribution in [0.15, 0.2) is 28.8 Å². The van der Waals surface area contributed by atoms with Gasteiger partial charge in [0.25, 0.3) is 0 Å². The number of fused-ring (bicyclic) bond motifs is 1. The Kier molecular flexibility index (Phi) is 2.92. The van der Waals surface area contributed by atoms with E-state index in [-0.39, 0.29) is 6.10 Å². The number of benzene rings is 1. The van der Waals surface area contributed by atoms with Crippen molar-refractivity contribution >= 4 is 0 Å². The molecule has 0 bridgehead atoms. The van der Waals surface area contributed by atoms with Crippen LogP contribution in [0.2, 0.25) is 0 Å². The molecule has 0 aliphatic carbocycles. The zero-order chi connectivity index (χ0) is 13.4. The van der Waals surface area contributed by atoms with Gasteiger partial charge in [0.05, 0.1) is 0 Å². The lowest BCUT2D eigenvalue weighted by Crippen LogP contribution is -2.26. The molecule has 5 heteroatoms. The molecule has 0 amide bonds. The van der Waals surface area contributed by atoms with Crippen molar-refractivity contribution in [3.05, 3.63) is 41.5 Å². The highest BCUT2D eigenvalue weighted by atomic mass is 16.5. The van der Waals surface area contributed by atoms with E-state index in [0.29, 0.717) is 11.7 Å². The third-order valence-corrected chi connectivity index (χ3v) is 4.08. The lowest BCUT2D eigenvalue weighted by Gasteiger charge is -2.18. The Morgan fingerprint density at radius 2 is 2.00 bits per heavy atom. The first kappa shape index (κ1) is 11.9. The van der Waals surface area contributed by atoms with Crippen LogP contribution in [-0.2, 0) is 6.42 Å². The first-order valence-corrected chi connectivity index (χ1v) is 7.19. The second-order valence-corrected chi connectivity index (χ2v) is 5.43. The highest BCUT2D eigenvalue weighted by Gasteiger charge is 2.30. The predicted octanol–water partition coefficient (Wildman–Crippen LogP) is 2.21. The molecule has 1 aromatic heterocycles. The third kappa shape index (κ3) is 2.08. The van der Waals surface area contributed by atoms with E-state index in [9.17, 15) is 0 Å². The fraction of sp³-hybridized carbons (Fsp3) is 0.467. The Morgan fingerprint density at radius 1 is 1.15 bits per heavy atom. The molecule has 20 heavy (non-hydrogen) atoms. The lowest BCUT2D eigenvalue weighted by atomic mass is 9.98. The molecule has 1 unspecified atom stereocenters. The summed E-state index contributed by atoms with van der Waals surface area (Å²) in [5.74, 6) is 2.77. The van der Waals surface area contributed by atoms with E-state index in [4.69, 9.17) is 9.26 Å². The lowest BCUT2D eigenvalue weighted by molar-refractivity contribution is 0.220. The summed E-state index contributed by atoms with van der Waals surface area (Å²) >= 11 is 0. The maximum absolute atomic E-state index is 5.90. The Balaban J connectivity index is 1.52. The van der Waals surface area contributed by atoms with Crippen molar-refractivity contribution in [1.29, 1.82) is 0 Å². The van der Waals surface area contributed by atoms with Gasteiger partial charge in [0.1, 0.15) is 5.75 Å². The van der Waals surface area contributed by atoms with Crippen LogP contribution in [0.3, 0.4) is 0 Å². The molecule has 5 nitrogen and oxygen atoms in total. The van der Waals surface area contributed by atoms with Gasteiger partial charge < -0.3 is 14.6 Å². The van der Waals surface area contributed by atoms with Crippen molar-refractivity contribution in [1.82, 2.24) is 15.5 Å². The summed E-state index contributed by atoms with van der Waals surface area (Å²) in [6, 6.07) is 8.09. The predicted molar refractivity (Wildman–Crippen MR) is 72.7 cm³/mol. The third-order valence-electron chi connectivity index (χ3n) is 4.08. The average molecular weight is 271 g/mol. The first-order chi connectivity index (χ1) is 9.90. The van der Waals surface area contributed by atoms with Crippen LogP contribution in [0.4, 0.5) is 0 Å². The topological polar surface area (TPSA) is 60.2 Å². The van der Waals surface area contributed by atoms with Crippen LogP contribution in [-0.4, -0.2) is 23.2 Å². The van der Waals surface area contributed by atoms with Crippen LogP contribution in [0.5, 0.6) is 5.75 Å². The van der Waals surface area contributed by atoms with E-state index < -0.39 is 0 Å². The van der Waals surface area contributed by atoms with E-state index >= 15 is 0 Å². The summed E-state index contributed by atoms with van der Waals surface area (Å²) in [4.78, 5) is 4.57. The minimum absolute atomic E-state index is 0.105. The zero-order valence-corrected chi connectivity index (χ0v) is 11.2. The van der Waals surface area contributed by atoms with Crippen LogP contribution in [0.1, 0.15) is 42.1 Å². The molecule has 2 aliphatic heterocycles. The maximum atomic E-state index is 5.90. The molecule has 2 aliphatic rings. The minimum atomic E-state index is -0.105. The second-order valence-electron chi connectivity index (χ2n) is 5.43. The molecule has 2 aromatic rings. The van der Waals surface area contributed by atoms with Crippen molar-refractivity contribution in [3.8, 4) is 5.75 Å². The van der Waals surface area contributed by atoms with Gasteiger partial charge in [-0.05, 0) is 37.6 Å². The van der Waals surface area contributed by atoms with E-state index in [0.717, 1.165) is 44.0 Å². The molecule has 0 saturated carbocycles. The quantitative estimate of drug-likeness (QED) is 0.907. The molecule has 0 radical (unpaired) electrons. The minimum Gasteiger partial charge on any atom is -0.482 e. The van der Waals surface area contributed by atoms with Gasteiger partial charge >= 0.3 is 0 Å².